The molecule has 1 heterocycles. The second-order valence-electron chi connectivity index (χ2n) is 7.52. The Morgan fingerprint density at radius 3 is 2.15 bits per heavy atom. The Morgan fingerprint density at radius 1 is 1.00 bits per heavy atom. The number of cyclic esters (lactones) is 1. The number of esters is 1. The van der Waals surface area contributed by atoms with Crippen LogP contribution in [0.5, 0.6) is 0 Å². The molecule has 1 aliphatic rings. The van der Waals surface area contributed by atoms with Gasteiger partial charge in [0.25, 0.3) is 0 Å². The number of Topliss-reactive ketones (excluding diaryl/α,β-unsaturated/α-hetero) is 1. The molecule has 2 aromatic rings. The zero-order valence-corrected chi connectivity index (χ0v) is 17.2. The summed E-state index contributed by atoms with van der Waals surface area (Å²) in [5.74, 6) is -0.589. The SMILES string of the molecule is CC1(C)C(=O)[C@](C)(Cc2ccc(Br)cc2)C(=O)O[C@@H]1c1ccc(Cl)cc1. The van der Waals surface area contributed by atoms with Crippen LogP contribution in [-0.4, -0.2) is 11.8 Å². The fraction of sp³-hybridized carbons (Fsp3) is 0.333. The van der Waals surface area contributed by atoms with E-state index in [4.69, 9.17) is 16.3 Å². The highest BCUT2D eigenvalue weighted by atomic mass is 79.9. The van der Waals surface area contributed by atoms with Gasteiger partial charge < -0.3 is 4.74 Å². The van der Waals surface area contributed by atoms with Gasteiger partial charge in [-0.2, -0.15) is 0 Å². The molecule has 3 nitrogen and oxygen atoms in total. The summed E-state index contributed by atoms with van der Waals surface area (Å²) in [5.41, 5.74) is -0.361. The quantitative estimate of drug-likeness (QED) is 0.469. The van der Waals surface area contributed by atoms with E-state index in [2.05, 4.69) is 15.9 Å². The van der Waals surface area contributed by atoms with E-state index in [1.807, 2.05) is 38.1 Å². The van der Waals surface area contributed by atoms with Crippen LogP contribution >= 0.6 is 27.5 Å². The topological polar surface area (TPSA) is 43.4 Å². The Kier molecular flexibility index (Phi) is 5.02. The molecule has 0 unspecified atom stereocenters. The first kappa shape index (κ1) is 19.1. The van der Waals surface area contributed by atoms with Crippen LogP contribution in [0.15, 0.2) is 53.0 Å². The predicted molar refractivity (Wildman–Crippen MR) is 105 cm³/mol. The maximum absolute atomic E-state index is 13.4. The fourth-order valence-corrected chi connectivity index (χ4v) is 3.98. The summed E-state index contributed by atoms with van der Waals surface area (Å²) in [5, 5.41) is 0.597. The van der Waals surface area contributed by atoms with Gasteiger partial charge in [0.05, 0.1) is 5.41 Å². The fourth-order valence-electron chi connectivity index (χ4n) is 3.59. The molecule has 0 aromatic heterocycles. The first-order valence-corrected chi connectivity index (χ1v) is 9.57. The third-order valence-electron chi connectivity index (χ3n) is 5.06. The van der Waals surface area contributed by atoms with Crippen molar-refractivity contribution in [1.29, 1.82) is 0 Å². The van der Waals surface area contributed by atoms with Crippen LogP contribution in [-0.2, 0) is 20.7 Å². The molecule has 1 aliphatic heterocycles. The van der Waals surface area contributed by atoms with E-state index in [1.165, 1.54) is 0 Å². The van der Waals surface area contributed by atoms with E-state index in [1.54, 1.807) is 31.2 Å². The van der Waals surface area contributed by atoms with Gasteiger partial charge in [0.2, 0.25) is 0 Å². The van der Waals surface area contributed by atoms with Crippen molar-refractivity contribution in [3.63, 3.8) is 0 Å². The van der Waals surface area contributed by atoms with Crippen LogP contribution in [0.3, 0.4) is 0 Å². The number of benzene rings is 2. The van der Waals surface area contributed by atoms with Crippen molar-refractivity contribution >= 4 is 39.3 Å². The number of hydrogen-bond acceptors (Lipinski definition) is 3. The lowest BCUT2D eigenvalue weighted by molar-refractivity contribution is -0.188. The maximum atomic E-state index is 13.4. The third kappa shape index (κ3) is 3.33. The molecular formula is C21H20BrClO3. The van der Waals surface area contributed by atoms with Gasteiger partial charge in [0.1, 0.15) is 11.5 Å². The summed E-state index contributed by atoms with van der Waals surface area (Å²) in [6.45, 7) is 5.35. The summed E-state index contributed by atoms with van der Waals surface area (Å²) in [4.78, 5) is 26.2. The Bertz CT molecular complexity index is 843. The van der Waals surface area contributed by atoms with E-state index >= 15 is 0 Å². The Labute approximate surface area is 166 Å². The number of ketones is 1. The van der Waals surface area contributed by atoms with Crippen molar-refractivity contribution in [2.24, 2.45) is 10.8 Å². The molecule has 0 spiro atoms. The van der Waals surface area contributed by atoms with Gasteiger partial charge >= 0.3 is 5.97 Å². The third-order valence-corrected chi connectivity index (χ3v) is 5.84. The first-order chi connectivity index (χ1) is 12.1. The molecule has 2 atom stereocenters. The van der Waals surface area contributed by atoms with Gasteiger partial charge in [-0.1, -0.05) is 51.8 Å². The second-order valence-corrected chi connectivity index (χ2v) is 8.88. The van der Waals surface area contributed by atoms with E-state index in [9.17, 15) is 9.59 Å². The summed E-state index contributed by atoms with van der Waals surface area (Å²) in [6.07, 6.45) is -0.313. The minimum absolute atomic E-state index is 0.107. The van der Waals surface area contributed by atoms with Gasteiger partial charge in [-0.25, -0.2) is 0 Å². The highest BCUT2D eigenvalue weighted by Crippen LogP contribution is 2.49. The summed E-state index contributed by atoms with van der Waals surface area (Å²) in [6, 6.07) is 14.7. The van der Waals surface area contributed by atoms with E-state index in [0.717, 1.165) is 15.6 Å². The molecule has 136 valence electrons. The molecule has 0 bridgehead atoms. The van der Waals surface area contributed by atoms with E-state index in [-0.39, 0.29) is 5.78 Å². The number of rotatable bonds is 3. The first-order valence-electron chi connectivity index (χ1n) is 8.40. The average Bonchev–Trinajstić information content (AvgIpc) is 2.60. The van der Waals surface area contributed by atoms with Crippen molar-refractivity contribution in [2.75, 3.05) is 0 Å². The zero-order valence-electron chi connectivity index (χ0n) is 14.9. The summed E-state index contributed by atoms with van der Waals surface area (Å²) in [7, 11) is 0. The average molecular weight is 436 g/mol. The zero-order chi connectivity index (χ0) is 19.1. The van der Waals surface area contributed by atoms with Gasteiger partial charge in [0, 0.05) is 9.50 Å². The Morgan fingerprint density at radius 2 is 1.58 bits per heavy atom. The second kappa shape index (κ2) is 6.82. The molecule has 0 N–H and O–H groups in total. The van der Waals surface area contributed by atoms with Crippen LogP contribution in [0.1, 0.15) is 38.0 Å². The van der Waals surface area contributed by atoms with Crippen molar-refractivity contribution in [2.45, 2.75) is 33.3 Å². The van der Waals surface area contributed by atoms with Crippen LogP contribution < -0.4 is 0 Å². The summed E-state index contributed by atoms with van der Waals surface area (Å²) < 4.78 is 6.75. The van der Waals surface area contributed by atoms with Crippen LogP contribution in [0, 0.1) is 10.8 Å². The van der Waals surface area contributed by atoms with E-state index in [0.29, 0.717) is 11.4 Å². The number of carbonyl (C=O) groups excluding carboxylic acids is 2. The molecule has 2 aromatic carbocycles. The molecule has 1 saturated heterocycles. The molecule has 1 fully saturated rings. The molecule has 0 aliphatic carbocycles. The van der Waals surface area contributed by atoms with Crippen molar-refractivity contribution in [3.05, 3.63) is 69.2 Å². The molecular weight excluding hydrogens is 416 g/mol. The largest absolute Gasteiger partial charge is 0.456 e. The van der Waals surface area contributed by atoms with Crippen LogP contribution in [0.2, 0.25) is 5.02 Å². The lowest BCUT2D eigenvalue weighted by atomic mass is 9.64. The molecule has 0 saturated carbocycles. The molecule has 3 rings (SSSR count). The van der Waals surface area contributed by atoms with Gasteiger partial charge in [-0.15, -0.1) is 0 Å². The lowest BCUT2D eigenvalue weighted by Crippen LogP contribution is -2.54. The molecule has 5 heteroatoms. The predicted octanol–water partition coefficient (Wildman–Crippen LogP) is 5.54. The standard InChI is InChI=1S/C21H20BrClO3/c1-20(2)17(14-6-10-16(23)11-7-14)26-19(25)21(3,18(20)24)12-13-4-8-15(22)9-5-13/h4-11,17H,12H2,1-3H3/t17-,21+/m1/s1. The Hall–Kier alpha value is -1.65. The van der Waals surface area contributed by atoms with Crippen molar-refractivity contribution < 1.29 is 14.3 Å². The molecule has 0 amide bonds. The Balaban J connectivity index is 1.94. The minimum atomic E-state index is -1.21. The normalized spacial score (nSPS) is 25.0. The number of ether oxygens (including phenoxy) is 1. The number of halogens is 2. The van der Waals surface area contributed by atoms with Crippen LogP contribution in [0.25, 0.3) is 0 Å². The van der Waals surface area contributed by atoms with E-state index < -0.39 is 22.9 Å². The lowest BCUT2D eigenvalue weighted by Gasteiger charge is -2.44. The van der Waals surface area contributed by atoms with Gasteiger partial charge in [0.15, 0.2) is 5.78 Å². The van der Waals surface area contributed by atoms with Crippen molar-refractivity contribution in [1.82, 2.24) is 0 Å². The number of carbonyl (C=O) groups is 2. The minimum Gasteiger partial charge on any atom is -0.456 e. The highest BCUT2D eigenvalue weighted by Gasteiger charge is 2.57. The van der Waals surface area contributed by atoms with Crippen LogP contribution in [0.4, 0.5) is 0 Å². The van der Waals surface area contributed by atoms with Crippen molar-refractivity contribution in [3.8, 4) is 0 Å². The van der Waals surface area contributed by atoms with Gasteiger partial charge in [-0.05, 0) is 62.6 Å². The number of hydrogen-bond donors (Lipinski definition) is 0. The maximum Gasteiger partial charge on any atom is 0.320 e. The monoisotopic (exact) mass is 434 g/mol. The summed E-state index contributed by atoms with van der Waals surface area (Å²) >= 11 is 9.34. The highest BCUT2D eigenvalue weighted by molar-refractivity contribution is 9.10. The van der Waals surface area contributed by atoms with Gasteiger partial charge in [-0.3, -0.25) is 9.59 Å². The molecule has 26 heavy (non-hydrogen) atoms. The smallest absolute Gasteiger partial charge is 0.320 e. The molecule has 0 radical (unpaired) electrons.